The number of carboxylic acid groups (broad SMARTS) is 1. The third-order valence-electron chi connectivity index (χ3n) is 2.40. The number of rotatable bonds is 4. The van der Waals surface area contributed by atoms with Crippen molar-refractivity contribution in [1.29, 1.82) is 0 Å². The zero-order valence-electron chi connectivity index (χ0n) is 9.48. The van der Waals surface area contributed by atoms with Gasteiger partial charge in [-0.1, -0.05) is 0 Å². The Balaban J connectivity index is 2.33. The lowest BCUT2D eigenvalue weighted by Crippen LogP contribution is -2.22. The van der Waals surface area contributed by atoms with Crippen molar-refractivity contribution in [3.05, 3.63) is 62.5 Å². The van der Waals surface area contributed by atoms with Crippen LogP contribution in [0.4, 0.5) is 5.69 Å². The van der Waals surface area contributed by atoms with E-state index in [0.717, 1.165) is 10.6 Å². The predicted molar refractivity (Wildman–Crippen MR) is 62.1 cm³/mol. The molecule has 0 aromatic carbocycles. The molecule has 2 aromatic rings. The summed E-state index contributed by atoms with van der Waals surface area (Å²) in [5, 5.41) is 19.3. The molecule has 0 amide bonds. The molecule has 8 heteroatoms. The molecule has 8 nitrogen and oxygen atoms in total. The van der Waals surface area contributed by atoms with Crippen molar-refractivity contribution in [3.8, 4) is 0 Å². The fourth-order valence-electron chi connectivity index (χ4n) is 1.53. The topological polar surface area (TPSA) is 116 Å². The summed E-state index contributed by atoms with van der Waals surface area (Å²) in [4.78, 5) is 32.2. The van der Waals surface area contributed by atoms with Crippen LogP contribution in [0.2, 0.25) is 0 Å². The molecule has 2 heterocycles. The van der Waals surface area contributed by atoms with E-state index in [1.54, 1.807) is 0 Å². The minimum atomic E-state index is -1.22. The van der Waals surface area contributed by atoms with Crippen molar-refractivity contribution >= 4 is 11.7 Å². The molecule has 0 unspecified atom stereocenters. The Labute approximate surface area is 105 Å². The highest BCUT2D eigenvalue weighted by atomic mass is 16.6. The van der Waals surface area contributed by atoms with Gasteiger partial charge in [-0.15, -0.1) is 0 Å². The van der Waals surface area contributed by atoms with Gasteiger partial charge in [0, 0.05) is 12.3 Å². The van der Waals surface area contributed by atoms with Crippen LogP contribution in [-0.2, 0) is 6.54 Å². The summed E-state index contributed by atoms with van der Waals surface area (Å²) in [6.07, 6.45) is 1.36. The van der Waals surface area contributed by atoms with Crippen LogP contribution in [-0.4, -0.2) is 20.6 Å². The Hall–Kier alpha value is -2.90. The largest absolute Gasteiger partial charge is 0.475 e. The molecule has 0 saturated heterocycles. The molecule has 0 spiro atoms. The number of carboxylic acids is 1. The molecular weight excluding hydrogens is 256 g/mol. The maximum Gasteiger partial charge on any atom is 0.371 e. The van der Waals surface area contributed by atoms with Crippen molar-refractivity contribution in [2.24, 2.45) is 0 Å². The van der Waals surface area contributed by atoms with Crippen LogP contribution in [0.25, 0.3) is 0 Å². The summed E-state index contributed by atoms with van der Waals surface area (Å²) in [6, 6.07) is 5.11. The first kappa shape index (κ1) is 12.6. The van der Waals surface area contributed by atoms with E-state index in [1.807, 2.05) is 0 Å². The molecule has 2 rings (SSSR count). The van der Waals surface area contributed by atoms with Crippen LogP contribution in [0, 0.1) is 10.1 Å². The normalized spacial score (nSPS) is 10.3. The monoisotopic (exact) mass is 264 g/mol. The lowest BCUT2D eigenvalue weighted by atomic mass is 10.3. The smallest absolute Gasteiger partial charge is 0.371 e. The highest BCUT2D eigenvalue weighted by Gasteiger charge is 2.15. The van der Waals surface area contributed by atoms with Crippen LogP contribution in [0.3, 0.4) is 0 Å². The quantitative estimate of drug-likeness (QED) is 0.652. The predicted octanol–water partition coefficient (Wildman–Crippen LogP) is 1.10. The summed E-state index contributed by atoms with van der Waals surface area (Å²) in [5.74, 6) is -1.26. The third-order valence-corrected chi connectivity index (χ3v) is 2.40. The summed E-state index contributed by atoms with van der Waals surface area (Å²) in [7, 11) is 0. The van der Waals surface area contributed by atoms with Crippen LogP contribution < -0.4 is 5.56 Å². The first-order chi connectivity index (χ1) is 8.99. The highest BCUT2D eigenvalue weighted by Crippen LogP contribution is 2.10. The number of pyridine rings is 1. The minimum absolute atomic E-state index is 0.0756. The first-order valence-electron chi connectivity index (χ1n) is 5.15. The van der Waals surface area contributed by atoms with Crippen LogP contribution in [0.5, 0.6) is 0 Å². The van der Waals surface area contributed by atoms with Gasteiger partial charge in [0.05, 0.1) is 11.5 Å². The van der Waals surface area contributed by atoms with Gasteiger partial charge in [0.15, 0.2) is 0 Å². The average Bonchev–Trinajstić information content (AvgIpc) is 2.80. The maximum atomic E-state index is 11.7. The zero-order chi connectivity index (χ0) is 14.0. The van der Waals surface area contributed by atoms with Crippen molar-refractivity contribution in [2.75, 3.05) is 0 Å². The standard InChI is InChI=1S/C11H8N2O6/c14-10-8(13(17)18)2-1-5-12(10)6-7-3-4-9(19-7)11(15)16/h1-5H,6H2,(H,15,16). The van der Waals surface area contributed by atoms with Gasteiger partial charge in [-0.25, -0.2) is 4.79 Å². The zero-order valence-corrected chi connectivity index (χ0v) is 9.48. The molecule has 0 fully saturated rings. The molecule has 98 valence electrons. The van der Waals surface area contributed by atoms with Crippen LogP contribution in [0.1, 0.15) is 16.3 Å². The summed E-state index contributed by atoms with van der Waals surface area (Å²) in [5.41, 5.74) is -1.33. The second kappa shape index (κ2) is 4.77. The fraction of sp³-hybridized carbons (Fsp3) is 0.0909. The third kappa shape index (κ3) is 2.51. The second-order valence-electron chi connectivity index (χ2n) is 3.65. The number of aromatic carboxylic acids is 1. The summed E-state index contributed by atoms with van der Waals surface area (Å²) < 4.78 is 6.05. The number of nitrogens with zero attached hydrogens (tertiary/aromatic N) is 2. The van der Waals surface area contributed by atoms with Crippen molar-refractivity contribution in [2.45, 2.75) is 6.54 Å². The molecule has 0 aliphatic carbocycles. The van der Waals surface area contributed by atoms with Gasteiger partial charge in [0.25, 0.3) is 0 Å². The van der Waals surface area contributed by atoms with Gasteiger partial charge in [0.1, 0.15) is 5.76 Å². The highest BCUT2D eigenvalue weighted by molar-refractivity contribution is 5.84. The van der Waals surface area contributed by atoms with Crippen molar-refractivity contribution in [1.82, 2.24) is 4.57 Å². The van der Waals surface area contributed by atoms with E-state index in [0.29, 0.717) is 0 Å². The molecular formula is C11H8N2O6. The maximum absolute atomic E-state index is 11.7. The van der Waals surface area contributed by atoms with Gasteiger partial charge in [-0.3, -0.25) is 14.9 Å². The minimum Gasteiger partial charge on any atom is -0.475 e. The molecule has 0 atom stereocenters. The van der Waals surface area contributed by atoms with Gasteiger partial charge in [-0.05, 0) is 18.2 Å². The van der Waals surface area contributed by atoms with E-state index in [-0.39, 0.29) is 18.1 Å². The molecule has 0 bridgehead atoms. The average molecular weight is 264 g/mol. The Morgan fingerprint density at radius 3 is 2.74 bits per heavy atom. The Bertz CT molecular complexity index is 699. The van der Waals surface area contributed by atoms with E-state index in [1.165, 1.54) is 24.4 Å². The Kier molecular flexibility index (Phi) is 3.15. The number of carbonyl (C=O) groups is 1. The fourth-order valence-corrected chi connectivity index (χ4v) is 1.53. The molecule has 1 N–H and O–H groups in total. The van der Waals surface area contributed by atoms with Crippen LogP contribution in [0.15, 0.2) is 39.7 Å². The van der Waals surface area contributed by atoms with Crippen molar-refractivity contribution in [3.63, 3.8) is 0 Å². The molecule has 0 aliphatic rings. The second-order valence-corrected chi connectivity index (χ2v) is 3.65. The first-order valence-corrected chi connectivity index (χ1v) is 5.15. The van der Waals surface area contributed by atoms with E-state index < -0.39 is 22.1 Å². The Morgan fingerprint density at radius 2 is 2.16 bits per heavy atom. The molecule has 0 radical (unpaired) electrons. The van der Waals surface area contributed by atoms with Gasteiger partial charge < -0.3 is 14.1 Å². The molecule has 19 heavy (non-hydrogen) atoms. The molecule has 2 aromatic heterocycles. The molecule has 0 saturated carbocycles. The number of furan rings is 1. The number of hydrogen-bond donors (Lipinski definition) is 1. The SMILES string of the molecule is O=C(O)c1ccc(Cn2cccc([N+](=O)[O-])c2=O)o1. The van der Waals surface area contributed by atoms with Gasteiger partial charge in [0.2, 0.25) is 5.76 Å². The number of hydrogen-bond acceptors (Lipinski definition) is 5. The van der Waals surface area contributed by atoms with E-state index >= 15 is 0 Å². The number of nitro groups is 1. The van der Waals surface area contributed by atoms with E-state index in [4.69, 9.17) is 9.52 Å². The Morgan fingerprint density at radius 1 is 1.42 bits per heavy atom. The number of aromatic nitrogens is 1. The lowest BCUT2D eigenvalue weighted by molar-refractivity contribution is -0.386. The van der Waals surface area contributed by atoms with Crippen LogP contribution >= 0.6 is 0 Å². The summed E-state index contributed by atoms with van der Waals surface area (Å²) in [6.45, 7) is -0.0756. The van der Waals surface area contributed by atoms with E-state index in [2.05, 4.69) is 0 Å². The van der Waals surface area contributed by atoms with E-state index in [9.17, 15) is 19.7 Å². The lowest BCUT2D eigenvalue weighted by Gasteiger charge is -2.02. The van der Waals surface area contributed by atoms with Crippen molar-refractivity contribution < 1.29 is 19.2 Å². The molecule has 0 aliphatic heterocycles. The summed E-state index contributed by atoms with van der Waals surface area (Å²) >= 11 is 0. The van der Waals surface area contributed by atoms with Gasteiger partial charge in [-0.2, -0.15) is 0 Å². The van der Waals surface area contributed by atoms with Gasteiger partial charge >= 0.3 is 17.2 Å².